The fraction of sp³-hybridized carbons (Fsp3) is 0.133. The Bertz CT molecular complexity index is 711. The summed E-state index contributed by atoms with van der Waals surface area (Å²) in [7, 11) is 0. The molecule has 102 valence electrons. The first-order chi connectivity index (χ1) is 9.56. The van der Waals surface area contributed by atoms with Gasteiger partial charge in [0, 0.05) is 22.0 Å². The summed E-state index contributed by atoms with van der Waals surface area (Å²) in [6, 6.07) is 8.21. The quantitative estimate of drug-likeness (QED) is 0.740. The van der Waals surface area contributed by atoms with E-state index in [0.717, 1.165) is 12.0 Å². The second-order valence-electron chi connectivity index (χ2n) is 4.49. The number of hydrogen-bond acceptors (Lipinski definition) is 2. The zero-order chi connectivity index (χ0) is 14.3. The summed E-state index contributed by atoms with van der Waals surface area (Å²) in [6.07, 6.45) is 0.754. The number of rotatable bonds is 2. The van der Waals surface area contributed by atoms with Gasteiger partial charge < -0.3 is 4.74 Å². The monoisotopic (exact) mass is 326 g/mol. The molecule has 20 heavy (non-hydrogen) atoms. The molecule has 0 fully saturated rings. The van der Waals surface area contributed by atoms with Crippen molar-refractivity contribution in [1.82, 2.24) is 0 Å². The fourth-order valence-corrected chi connectivity index (χ4v) is 2.99. The Morgan fingerprint density at radius 2 is 1.80 bits per heavy atom. The summed E-state index contributed by atoms with van der Waals surface area (Å²) >= 11 is 18.0. The summed E-state index contributed by atoms with van der Waals surface area (Å²) in [5.74, 6) is 0.387. The van der Waals surface area contributed by atoms with Gasteiger partial charge in [-0.2, -0.15) is 0 Å². The molecule has 2 aromatic rings. The van der Waals surface area contributed by atoms with Gasteiger partial charge in [0.1, 0.15) is 5.75 Å². The maximum absolute atomic E-state index is 12.6. The highest BCUT2D eigenvalue weighted by atomic mass is 35.5. The second-order valence-corrected chi connectivity index (χ2v) is 5.77. The van der Waals surface area contributed by atoms with Crippen LogP contribution < -0.4 is 4.74 Å². The van der Waals surface area contributed by atoms with Crippen LogP contribution in [0.4, 0.5) is 0 Å². The minimum atomic E-state index is -0.215. The number of carbonyl (C=O) groups excluding carboxylic acids is 1. The maximum atomic E-state index is 12.6. The molecular weight excluding hydrogens is 319 g/mol. The molecular formula is C15H9Cl3O2. The summed E-state index contributed by atoms with van der Waals surface area (Å²) in [4.78, 5) is 12.6. The van der Waals surface area contributed by atoms with E-state index in [-0.39, 0.29) is 5.78 Å². The minimum Gasteiger partial charge on any atom is -0.492 e. The zero-order valence-corrected chi connectivity index (χ0v) is 12.5. The minimum absolute atomic E-state index is 0.215. The van der Waals surface area contributed by atoms with Crippen molar-refractivity contribution in [2.24, 2.45) is 0 Å². The summed E-state index contributed by atoms with van der Waals surface area (Å²) in [5, 5.41) is 1.32. The molecule has 0 aliphatic carbocycles. The number of benzene rings is 2. The van der Waals surface area contributed by atoms with E-state index in [2.05, 4.69) is 0 Å². The average Bonchev–Trinajstić information content (AvgIpc) is 2.85. The molecule has 0 amide bonds. The van der Waals surface area contributed by atoms with Gasteiger partial charge in [-0.05, 0) is 35.9 Å². The predicted octanol–water partition coefficient (Wildman–Crippen LogP) is 4.81. The van der Waals surface area contributed by atoms with Crippen molar-refractivity contribution in [3.8, 4) is 5.75 Å². The van der Waals surface area contributed by atoms with Gasteiger partial charge in [0.2, 0.25) is 0 Å². The fourth-order valence-electron chi connectivity index (χ4n) is 2.26. The summed E-state index contributed by atoms with van der Waals surface area (Å²) in [6.45, 7) is 0.560. The van der Waals surface area contributed by atoms with Crippen molar-refractivity contribution < 1.29 is 9.53 Å². The van der Waals surface area contributed by atoms with Gasteiger partial charge in [0.05, 0.1) is 17.2 Å². The van der Waals surface area contributed by atoms with Gasteiger partial charge in [-0.1, -0.05) is 34.8 Å². The third-order valence-corrected chi connectivity index (χ3v) is 3.93. The molecule has 0 N–H and O–H groups in total. The van der Waals surface area contributed by atoms with E-state index in [1.165, 1.54) is 0 Å². The van der Waals surface area contributed by atoms with E-state index in [4.69, 9.17) is 39.5 Å². The van der Waals surface area contributed by atoms with Gasteiger partial charge >= 0.3 is 0 Å². The van der Waals surface area contributed by atoms with Gasteiger partial charge in [0.25, 0.3) is 0 Å². The van der Waals surface area contributed by atoms with Crippen molar-refractivity contribution in [1.29, 1.82) is 0 Å². The Kier molecular flexibility index (Phi) is 3.63. The molecule has 1 aliphatic heterocycles. The van der Waals surface area contributed by atoms with Crippen LogP contribution in [0, 0.1) is 0 Å². The summed E-state index contributed by atoms with van der Waals surface area (Å²) < 4.78 is 5.54. The van der Waals surface area contributed by atoms with E-state index in [9.17, 15) is 4.79 Å². The Balaban J connectivity index is 2.11. The Labute approximate surface area is 131 Å². The van der Waals surface area contributed by atoms with Crippen molar-refractivity contribution in [3.63, 3.8) is 0 Å². The molecule has 0 aromatic heterocycles. The van der Waals surface area contributed by atoms with Gasteiger partial charge in [-0.15, -0.1) is 0 Å². The molecule has 2 nitrogen and oxygen atoms in total. The number of ether oxygens (including phenoxy) is 1. The normalized spacial score (nSPS) is 12.9. The first kappa shape index (κ1) is 13.7. The molecule has 1 aliphatic rings. The van der Waals surface area contributed by atoms with E-state index >= 15 is 0 Å². The highest BCUT2D eigenvalue weighted by Crippen LogP contribution is 2.35. The highest BCUT2D eigenvalue weighted by molar-refractivity contribution is 6.38. The van der Waals surface area contributed by atoms with Crippen molar-refractivity contribution in [3.05, 3.63) is 62.1 Å². The lowest BCUT2D eigenvalue weighted by atomic mass is 9.99. The molecule has 0 unspecified atom stereocenters. The maximum Gasteiger partial charge on any atom is 0.198 e. The van der Waals surface area contributed by atoms with E-state index in [1.807, 2.05) is 6.07 Å². The lowest BCUT2D eigenvalue weighted by molar-refractivity contribution is 0.103. The molecule has 0 spiro atoms. The SMILES string of the molecule is O=C(c1ccc(Cl)cc1Cl)c1cc(Cl)cc2c1OCC2. The Morgan fingerprint density at radius 1 is 1.00 bits per heavy atom. The largest absolute Gasteiger partial charge is 0.492 e. The molecule has 5 heteroatoms. The van der Waals surface area contributed by atoms with Crippen molar-refractivity contribution >= 4 is 40.6 Å². The van der Waals surface area contributed by atoms with Crippen LogP contribution in [-0.4, -0.2) is 12.4 Å². The molecule has 2 aromatic carbocycles. The third-order valence-electron chi connectivity index (χ3n) is 3.17. The zero-order valence-electron chi connectivity index (χ0n) is 10.3. The standard InChI is InChI=1S/C15H9Cl3O2/c16-9-1-2-11(13(18)7-9)14(19)12-6-10(17)5-8-3-4-20-15(8)12/h1-2,5-7H,3-4H2. The van der Waals surface area contributed by atoms with Crippen LogP contribution in [0.25, 0.3) is 0 Å². The molecule has 0 radical (unpaired) electrons. The highest BCUT2D eigenvalue weighted by Gasteiger charge is 2.24. The third kappa shape index (κ3) is 2.39. The van der Waals surface area contributed by atoms with Crippen LogP contribution in [0.3, 0.4) is 0 Å². The first-order valence-electron chi connectivity index (χ1n) is 6.01. The molecule has 1 heterocycles. The predicted molar refractivity (Wildman–Crippen MR) is 80.5 cm³/mol. The van der Waals surface area contributed by atoms with Gasteiger partial charge in [-0.25, -0.2) is 0 Å². The van der Waals surface area contributed by atoms with Crippen LogP contribution in [0.1, 0.15) is 21.5 Å². The molecule has 0 saturated heterocycles. The van der Waals surface area contributed by atoms with Gasteiger partial charge in [0.15, 0.2) is 5.78 Å². The Morgan fingerprint density at radius 3 is 2.55 bits per heavy atom. The number of fused-ring (bicyclic) bond motifs is 1. The number of hydrogen-bond donors (Lipinski definition) is 0. The van der Waals surface area contributed by atoms with Crippen LogP contribution in [0.2, 0.25) is 15.1 Å². The Hall–Kier alpha value is -1.22. The molecule has 0 atom stereocenters. The smallest absolute Gasteiger partial charge is 0.198 e. The lowest BCUT2D eigenvalue weighted by Gasteiger charge is -2.09. The lowest BCUT2D eigenvalue weighted by Crippen LogP contribution is -2.04. The molecule has 0 bridgehead atoms. The topological polar surface area (TPSA) is 26.3 Å². The van der Waals surface area contributed by atoms with Crippen molar-refractivity contribution in [2.75, 3.05) is 6.61 Å². The number of ketones is 1. The van der Waals surface area contributed by atoms with Gasteiger partial charge in [-0.3, -0.25) is 4.79 Å². The van der Waals surface area contributed by atoms with Crippen LogP contribution in [0.5, 0.6) is 5.75 Å². The van der Waals surface area contributed by atoms with Crippen LogP contribution >= 0.6 is 34.8 Å². The van der Waals surface area contributed by atoms with E-state index < -0.39 is 0 Å². The molecule has 0 saturated carbocycles. The molecule has 3 rings (SSSR count). The van der Waals surface area contributed by atoms with E-state index in [1.54, 1.807) is 24.3 Å². The van der Waals surface area contributed by atoms with E-state index in [0.29, 0.717) is 38.6 Å². The van der Waals surface area contributed by atoms with Crippen molar-refractivity contribution in [2.45, 2.75) is 6.42 Å². The summed E-state index contributed by atoms with van der Waals surface area (Å²) in [5.41, 5.74) is 1.77. The average molecular weight is 328 g/mol. The first-order valence-corrected chi connectivity index (χ1v) is 7.14. The number of carbonyl (C=O) groups is 1. The second kappa shape index (κ2) is 5.28. The number of halogens is 3. The van der Waals surface area contributed by atoms with Crippen LogP contribution in [-0.2, 0) is 6.42 Å². The van der Waals surface area contributed by atoms with Crippen LogP contribution in [0.15, 0.2) is 30.3 Å².